The second-order valence-corrected chi connectivity index (χ2v) is 6.09. The largest absolute Gasteiger partial charge is 0.468 e. The molecule has 0 saturated carbocycles. The molecule has 102 valence electrons. The zero-order valence-corrected chi connectivity index (χ0v) is 12.1. The van der Waals surface area contributed by atoms with Crippen molar-refractivity contribution in [3.05, 3.63) is 24.2 Å². The van der Waals surface area contributed by atoms with Crippen LogP contribution < -0.4 is 5.32 Å². The van der Waals surface area contributed by atoms with E-state index in [1.807, 2.05) is 6.07 Å². The zero-order valence-electron chi connectivity index (χ0n) is 12.1. The van der Waals surface area contributed by atoms with E-state index in [2.05, 4.69) is 44.0 Å². The van der Waals surface area contributed by atoms with Crippen molar-refractivity contribution in [1.82, 2.24) is 10.2 Å². The number of rotatable bonds is 4. The molecule has 0 aromatic carbocycles. The summed E-state index contributed by atoms with van der Waals surface area (Å²) in [6.07, 6.45) is 2.92. The summed E-state index contributed by atoms with van der Waals surface area (Å²) in [5, 5.41) is 3.71. The molecule has 1 aromatic heterocycles. The minimum atomic E-state index is 0.234. The summed E-state index contributed by atoms with van der Waals surface area (Å²) >= 11 is 0. The summed E-state index contributed by atoms with van der Waals surface area (Å²) < 4.78 is 5.50. The van der Waals surface area contributed by atoms with E-state index in [-0.39, 0.29) is 5.54 Å². The predicted octanol–water partition coefficient (Wildman–Crippen LogP) is 2.88. The number of hydrogen-bond acceptors (Lipinski definition) is 3. The number of nitrogens with zero attached hydrogens (tertiary/aromatic N) is 1. The molecule has 3 heteroatoms. The summed E-state index contributed by atoms with van der Waals surface area (Å²) in [5.74, 6) is 1.73. The molecule has 0 spiro atoms. The van der Waals surface area contributed by atoms with Crippen molar-refractivity contribution in [3.63, 3.8) is 0 Å². The first-order valence-corrected chi connectivity index (χ1v) is 7.05. The quantitative estimate of drug-likeness (QED) is 0.890. The van der Waals surface area contributed by atoms with Gasteiger partial charge >= 0.3 is 0 Å². The molecule has 0 amide bonds. The SMILES string of the molecule is CCC1(C)CN(Cc2ccco2)C(C(C)C)CN1. The van der Waals surface area contributed by atoms with Gasteiger partial charge in [-0.25, -0.2) is 0 Å². The highest BCUT2D eigenvalue weighted by atomic mass is 16.3. The zero-order chi connectivity index (χ0) is 13.2. The fraction of sp³-hybridized carbons (Fsp3) is 0.733. The molecule has 1 saturated heterocycles. The number of hydrogen-bond donors (Lipinski definition) is 1. The monoisotopic (exact) mass is 250 g/mol. The Labute approximate surface area is 111 Å². The average molecular weight is 250 g/mol. The van der Waals surface area contributed by atoms with Gasteiger partial charge in [-0.15, -0.1) is 0 Å². The van der Waals surface area contributed by atoms with Gasteiger partial charge in [0.15, 0.2) is 0 Å². The standard InChI is InChI=1S/C15H26N2O/c1-5-15(4)11-17(10-13-7-6-8-18-13)14(9-16-15)12(2)3/h6-8,12,14,16H,5,9-11H2,1-4H3. The molecule has 2 atom stereocenters. The van der Waals surface area contributed by atoms with Crippen molar-refractivity contribution in [2.45, 2.75) is 52.2 Å². The molecule has 2 rings (SSSR count). The van der Waals surface area contributed by atoms with Crippen LogP contribution in [0.5, 0.6) is 0 Å². The van der Waals surface area contributed by atoms with E-state index in [1.165, 1.54) is 0 Å². The van der Waals surface area contributed by atoms with Gasteiger partial charge in [0.2, 0.25) is 0 Å². The van der Waals surface area contributed by atoms with E-state index >= 15 is 0 Å². The first-order chi connectivity index (χ1) is 8.54. The van der Waals surface area contributed by atoms with Gasteiger partial charge in [-0.3, -0.25) is 4.90 Å². The molecule has 1 aromatic rings. The number of piperazine rings is 1. The highest BCUT2D eigenvalue weighted by Crippen LogP contribution is 2.24. The van der Waals surface area contributed by atoms with Crippen LogP contribution in [0.3, 0.4) is 0 Å². The molecule has 1 aliphatic heterocycles. The van der Waals surface area contributed by atoms with Crippen molar-refractivity contribution in [2.24, 2.45) is 5.92 Å². The fourth-order valence-electron chi connectivity index (χ4n) is 2.77. The Hall–Kier alpha value is -0.800. The third-order valence-electron chi connectivity index (χ3n) is 4.25. The summed E-state index contributed by atoms with van der Waals surface area (Å²) in [7, 11) is 0. The van der Waals surface area contributed by atoms with Gasteiger partial charge in [0.1, 0.15) is 5.76 Å². The highest BCUT2D eigenvalue weighted by Gasteiger charge is 2.35. The summed E-state index contributed by atoms with van der Waals surface area (Å²) in [6, 6.07) is 4.64. The number of furan rings is 1. The average Bonchev–Trinajstić information content (AvgIpc) is 2.81. The maximum atomic E-state index is 5.50. The maximum absolute atomic E-state index is 5.50. The van der Waals surface area contributed by atoms with Gasteiger partial charge in [-0.2, -0.15) is 0 Å². The molecule has 1 fully saturated rings. The Kier molecular flexibility index (Phi) is 4.13. The van der Waals surface area contributed by atoms with Gasteiger partial charge in [0, 0.05) is 24.7 Å². The predicted molar refractivity (Wildman–Crippen MR) is 74.4 cm³/mol. The van der Waals surface area contributed by atoms with E-state index in [1.54, 1.807) is 6.26 Å². The molecule has 0 radical (unpaired) electrons. The smallest absolute Gasteiger partial charge is 0.117 e. The maximum Gasteiger partial charge on any atom is 0.117 e. The molecule has 0 bridgehead atoms. The van der Waals surface area contributed by atoms with Crippen LogP contribution in [-0.4, -0.2) is 29.6 Å². The topological polar surface area (TPSA) is 28.4 Å². The van der Waals surface area contributed by atoms with E-state index in [9.17, 15) is 0 Å². The van der Waals surface area contributed by atoms with Crippen LogP contribution in [0.2, 0.25) is 0 Å². The molecular weight excluding hydrogens is 224 g/mol. The van der Waals surface area contributed by atoms with E-state index in [4.69, 9.17) is 4.42 Å². The molecular formula is C15H26N2O. The van der Waals surface area contributed by atoms with Crippen molar-refractivity contribution in [3.8, 4) is 0 Å². The molecule has 0 aliphatic carbocycles. The van der Waals surface area contributed by atoms with Gasteiger partial charge in [0.05, 0.1) is 12.8 Å². The lowest BCUT2D eigenvalue weighted by atomic mass is 9.90. The highest BCUT2D eigenvalue weighted by molar-refractivity contribution is 5.02. The van der Waals surface area contributed by atoms with Crippen molar-refractivity contribution in [2.75, 3.05) is 13.1 Å². The third-order valence-corrected chi connectivity index (χ3v) is 4.25. The second-order valence-electron chi connectivity index (χ2n) is 6.09. The van der Waals surface area contributed by atoms with Crippen LogP contribution in [0.4, 0.5) is 0 Å². The minimum absolute atomic E-state index is 0.234. The molecule has 1 aliphatic rings. The van der Waals surface area contributed by atoms with Crippen molar-refractivity contribution in [1.29, 1.82) is 0 Å². The lowest BCUT2D eigenvalue weighted by Crippen LogP contribution is -2.63. The Balaban J connectivity index is 2.09. The van der Waals surface area contributed by atoms with Gasteiger partial charge in [-0.05, 0) is 31.4 Å². The van der Waals surface area contributed by atoms with Crippen LogP contribution >= 0.6 is 0 Å². The normalized spacial score (nSPS) is 29.9. The third kappa shape index (κ3) is 2.96. The molecule has 2 heterocycles. The molecule has 1 N–H and O–H groups in total. The lowest BCUT2D eigenvalue weighted by Gasteiger charge is -2.47. The Morgan fingerprint density at radius 2 is 2.33 bits per heavy atom. The van der Waals surface area contributed by atoms with E-state index in [0.29, 0.717) is 12.0 Å². The van der Waals surface area contributed by atoms with Crippen LogP contribution in [0.25, 0.3) is 0 Å². The second kappa shape index (κ2) is 5.45. The van der Waals surface area contributed by atoms with Gasteiger partial charge in [-0.1, -0.05) is 20.8 Å². The first-order valence-electron chi connectivity index (χ1n) is 7.05. The molecule has 3 nitrogen and oxygen atoms in total. The van der Waals surface area contributed by atoms with Gasteiger partial charge in [0.25, 0.3) is 0 Å². The lowest BCUT2D eigenvalue weighted by molar-refractivity contribution is 0.0486. The summed E-state index contributed by atoms with van der Waals surface area (Å²) in [4.78, 5) is 2.57. The number of nitrogens with one attached hydrogen (secondary N) is 1. The molecule has 2 unspecified atom stereocenters. The minimum Gasteiger partial charge on any atom is -0.468 e. The Morgan fingerprint density at radius 3 is 2.89 bits per heavy atom. The summed E-state index contributed by atoms with van der Waals surface area (Å²) in [6.45, 7) is 12.3. The van der Waals surface area contributed by atoms with Gasteiger partial charge < -0.3 is 9.73 Å². The van der Waals surface area contributed by atoms with E-state index < -0.39 is 0 Å². The van der Waals surface area contributed by atoms with Crippen LogP contribution in [0.15, 0.2) is 22.8 Å². The Morgan fingerprint density at radius 1 is 1.56 bits per heavy atom. The summed E-state index contributed by atoms with van der Waals surface area (Å²) in [5.41, 5.74) is 0.234. The van der Waals surface area contributed by atoms with Crippen LogP contribution in [-0.2, 0) is 6.54 Å². The first kappa shape index (κ1) is 13.6. The van der Waals surface area contributed by atoms with Crippen molar-refractivity contribution < 1.29 is 4.42 Å². The van der Waals surface area contributed by atoms with Crippen LogP contribution in [0.1, 0.15) is 39.9 Å². The Bertz CT molecular complexity index is 361. The van der Waals surface area contributed by atoms with Crippen molar-refractivity contribution >= 4 is 0 Å². The van der Waals surface area contributed by atoms with Crippen LogP contribution in [0, 0.1) is 5.92 Å². The molecule has 18 heavy (non-hydrogen) atoms. The fourth-order valence-corrected chi connectivity index (χ4v) is 2.77. The van der Waals surface area contributed by atoms with E-state index in [0.717, 1.165) is 31.8 Å².